The van der Waals surface area contributed by atoms with Gasteiger partial charge in [0.2, 0.25) is 12.3 Å². The van der Waals surface area contributed by atoms with Crippen LogP contribution in [0.5, 0.6) is 0 Å². The lowest BCUT2D eigenvalue weighted by Gasteiger charge is -2.46. The number of amides is 2. The lowest BCUT2D eigenvalue weighted by Crippen LogP contribution is -2.64. The van der Waals surface area contributed by atoms with Crippen molar-refractivity contribution in [2.24, 2.45) is 0 Å². The summed E-state index contributed by atoms with van der Waals surface area (Å²) < 4.78 is 0. The van der Waals surface area contributed by atoms with E-state index in [2.05, 4.69) is 4.90 Å². The van der Waals surface area contributed by atoms with Crippen LogP contribution in [0.1, 0.15) is 20.3 Å². The zero-order valence-electron chi connectivity index (χ0n) is 11.3. The van der Waals surface area contributed by atoms with Gasteiger partial charge in [-0.1, -0.05) is 6.92 Å². The molecular weight excluding hydrogens is 218 g/mol. The van der Waals surface area contributed by atoms with Crippen LogP contribution in [-0.4, -0.2) is 72.8 Å². The fraction of sp³-hybridized carbons (Fsp3) is 0.833. The molecule has 0 bridgehead atoms. The summed E-state index contributed by atoms with van der Waals surface area (Å²) in [6.07, 6.45) is 1.45. The largest absolute Gasteiger partial charge is 0.338 e. The second-order valence-electron chi connectivity index (χ2n) is 5.02. The van der Waals surface area contributed by atoms with Crippen LogP contribution >= 0.6 is 0 Å². The van der Waals surface area contributed by atoms with Gasteiger partial charge in [0.15, 0.2) is 0 Å². The smallest absolute Gasteiger partial charge is 0.248 e. The van der Waals surface area contributed by atoms with Crippen molar-refractivity contribution in [3.63, 3.8) is 0 Å². The molecule has 1 unspecified atom stereocenters. The summed E-state index contributed by atoms with van der Waals surface area (Å²) in [4.78, 5) is 28.9. The highest BCUT2D eigenvalue weighted by Crippen LogP contribution is 2.24. The van der Waals surface area contributed by atoms with Crippen molar-refractivity contribution in [3.05, 3.63) is 0 Å². The number of rotatable bonds is 5. The van der Waals surface area contributed by atoms with E-state index in [9.17, 15) is 9.59 Å². The van der Waals surface area contributed by atoms with Gasteiger partial charge in [0.05, 0.1) is 0 Å². The molecule has 0 radical (unpaired) electrons. The van der Waals surface area contributed by atoms with Crippen molar-refractivity contribution in [2.75, 3.05) is 40.3 Å². The first-order valence-corrected chi connectivity index (χ1v) is 6.12. The SMILES string of the molecule is CCC1(C)C(=O)N(CCN(C)C)CCN1C=O. The minimum absolute atomic E-state index is 0.0696. The Morgan fingerprint density at radius 3 is 2.53 bits per heavy atom. The lowest BCUT2D eigenvalue weighted by atomic mass is 9.92. The second-order valence-corrected chi connectivity index (χ2v) is 5.02. The van der Waals surface area contributed by atoms with Gasteiger partial charge >= 0.3 is 0 Å². The maximum atomic E-state index is 12.4. The number of hydrogen-bond donors (Lipinski definition) is 0. The monoisotopic (exact) mass is 241 g/mol. The summed E-state index contributed by atoms with van der Waals surface area (Å²) in [5.74, 6) is 0.0696. The van der Waals surface area contributed by atoms with Gasteiger partial charge in [-0.15, -0.1) is 0 Å². The van der Waals surface area contributed by atoms with Gasteiger partial charge in [-0.2, -0.15) is 0 Å². The standard InChI is InChI=1S/C12H23N3O2/c1-5-12(2)11(17)14(7-6-13(3)4)8-9-15(12)10-16/h10H,5-9H2,1-4H3. The number of carbonyl (C=O) groups excluding carboxylic acids is 2. The normalized spacial score (nSPS) is 25.6. The number of hydrogen-bond acceptors (Lipinski definition) is 3. The highest BCUT2D eigenvalue weighted by molar-refractivity contribution is 5.88. The van der Waals surface area contributed by atoms with E-state index in [1.807, 2.05) is 32.8 Å². The molecule has 1 aliphatic heterocycles. The van der Waals surface area contributed by atoms with Crippen LogP contribution in [0.25, 0.3) is 0 Å². The highest BCUT2D eigenvalue weighted by atomic mass is 16.2. The summed E-state index contributed by atoms with van der Waals surface area (Å²) in [5.41, 5.74) is -0.660. The second kappa shape index (κ2) is 5.49. The lowest BCUT2D eigenvalue weighted by molar-refractivity contribution is -0.155. The summed E-state index contributed by atoms with van der Waals surface area (Å²) in [6.45, 7) is 6.66. The fourth-order valence-corrected chi connectivity index (χ4v) is 2.10. The Bertz CT molecular complexity index is 293. The number of nitrogens with zero attached hydrogens (tertiary/aromatic N) is 3. The first kappa shape index (κ1) is 14.0. The molecule has 0 spiro atoms. The van der Waals surface area contributed by atoms with Crippen LogP contribution in [0.15, 0.2) is 0 Å². The van der Waals surface area contributed by atoms with E-state index in [0.717, 1.165) is 19.5 Å². The maximum absolute atomic E-state index is 12.4. The molecule has 5 heteroatoms. The Labute approximate surface area is 103 Å². The molecule has 5 nitrogen and oxygen atoms in total. The molecule has 0 saturated carbocycles. The minimum Gasteiger partial charge on any atom is -0.338 e. The molecule has 1 atom stereocenters. The predicted molar refractivity (Wildman–Crippen MR) is 66.6 cm³/mol. The molecule has 1 saturated heterocycles. The third-order valence-corrected chi connectivity index (χ3v) is 3.63. The van der Waals surface area contributed by atoms with Crippen LogP contribution in [0.3, 0.4) is 0 Å². The Kier molecular flexibility index (Phi) is 4.51. The molecule has 1 heterocycles. The van der Waals surface area contributed by atoms with E-state index < -0.39 is 5.54 Å². The van der Waals surface area contributed by atoms with Gasteiger partial charge in [-0.3, -0.25) is 9.59 Å². The van der Waals surface area contributed by atoms with E-state index in [4.69, 9.17) is 0 Å². The molecule has 98 valence electrons. The summed E-state index contributed by atoms with van der Waals surface area (Å²) in [6, 6.07) is 0. The molecule has 0 aliphatic carbocycles. The molecule has 17 heavy (non-hydrogen) atoms. The Morgan fingerprint density at radius 1 is 1.41 bits per heavy atom. The molecule has 1 aliphatic rings. The Morgan fingerprint density at radius 2 is 2.06 bits per heavy atom. The molecule has 1 fully saturated rings. The van der Waals surface area contributed by atoms with Gasteiger partial charge in [0.1, 0.15) is 5.54 Å². The zero-order chi connectivity index (χ0) is 13.1. The van der Waals surface area contributed by atoms with Crippen LogP contribution in [-0.2, 0) is 9.59 Å². The zero-order valence-corrected chi connectivity index (χ0v) is 11.3. The molecule has 1 rings (SSSR count). The van der Waals surface area contributed by atoms with Crippen LogP contribution < -0.4 is 0 Å². The molecule has 2 amide bonds. The molecule has 0 aromatic heterocycles. The fourth-order valence-electron chi connectivity index (χ4n) is 2.10. The molecular formula is C12H23N3O2. The van der Waals surface area contributed by atoms with Crippen molar-refractivity contribution in [1.82, 2.24) is 14.7 Å². The number of likely N-dealkylation sites (N-methyl/N-ethyl adjacent to an activating group) is 1. The molecule has 0 N–H and O–H groups in total. The van der Waals surface area contributed by atoms with E-state index in [1.165, 1.54) is 0 Å². The van der Waals surface area contributed by atoms with Gasteiger partial charge in [0, 0.05) is 26.2 Å². The van der Waals surface area contributed by atoms with Crippen molar-refractivity contribution in [3.8, 4) is 0 Å². The first-order chi connectivity index (χ1) is 7.95. The van der Waals surface area contributed by atoms with E-state index in [-0.39, 0.29) is 5.91 Å². The van der Waals surface area contributed by atoms with Gasteiger partial charge in [0.25, 0.3) is 0 Å². The Balaban J connectivity index is 2.74. The Hall–Kier alpha value is -1.10. The van der Waals surface area contributed by atoms with Crippen LogP contribution in [0, 0.1) is 0 Å². The molecule has 0 aromatic rings. The van der Waals surface area contributed by atoms with Crippen molar-refractivity contribution >= 4 is 12.3 Å². The number of piperazine rings is 1. The quantitative estimate of drug-likeness (QED) is 0.637. The third kappa shape index (κ3) is 2.77. The van der Waals surface area contributed by atoms with Gasteiger partial charge < -0.3 is 14.7 Å². The van der Waals surface area contributed by atoms with Crippen LogP contribution in [0.4, 0.5) is 0 Å². The van der Waals surface area contributed by atoms with Crippen molar-refractivity contribution in [2.45, 2.75) is 25.8 Å². The average Bonchev–Trinajstić information content (AvgIpc) is 2.31. The van der Waals surface area contributed by atoms with Gasteiger partial charge in [-0.05, 0) is 27.4 Å². The minimum atomic E-state index is -0.660. The predicted octanol–water partition coefficient (Wildman–Crippen LogP) is 0.0173. The molecule has 0 aromatic carbocycles. The van der Waals surface area contributed by atoms with Crippen molar-refractivity contribution < 1.29 is 9.59 Å². The van der Waals surface area contributed by atoms with Crippen LogP contribution in [0.2, 0.25) is 0 Å². The summed E-state index contributed by atoms with van der Waals surface area (Å²) in [7, 11) is 3.98. The van der Waals surface area contributed by atoms with E-state index in [0.29, 0.717) is 19.5 Å². The average molecular weight is 241 g/mol. The third-order valence-electron chi connectivity index (χ3n) is 3.63. The first-order valence-electron chi connectivity index (χ1n) is 6.12. The van der Waals surface area contributed by atoms with Gasteiger partial charge in [-0.25, -0.2) is 0 Å². The van der Waals surface area contributed by atoms with Crippen molar-refractivity contribution in [1.29, 1.82) is 0 Å². The highest BCUT2D eigenvalue weighted by Gasteiger charge is 2.43. The number of carbonyl (C=O) groups is 2. The van der Waals surface area contributed by atoms with E-state index >= 15 is 0 Å². The topological polar surface area (TPSA) is 43.9 Å². The maximum Gasteiger partial charge on any atom is 0.248 e. The summed E-state index contributed by atoms with van der Waals surface area (Å²) in [5, 5.41) is 0. The van der Waals surface area contributed by atoms with E-state index in [1.54, 1.807) is 4.90 Å². The summed E-state index contributed by atoms with van der Waals surface area (Å²) >= 11 is 0.